The molecule has 2 aromatic carbocycles. The van der Waals surface area contributed by atoms with Crippen molar-refractivity contribution in [3.63, 3.8) is 0 Å². The van der Waals surface area contributed by atoms with E-state index in [-0.39, 0.29) is 18.7 Å². The minimum Gasteiger partial charge on any atom is -0.322 e. The van der Waals surface area contributed by atoms with Gasteiger partial charge in [-0.05, 0) is 46.8 Å². The summed E-state index contributed by atoms with van der Waals surface area (Å²) in [4.78, 5) is 12.1. The summed E-state index contributed by atoms with van der Waals surface area (Å²) in [7, 11) is -4.04. The molecular weight excluding hydrogens is 399 g/mol. The summed E-state index contributed by atoms with van der Waals surface area (Å²) >= 11 is 0. The number of rotatable bonds is 7. The summed E-state index contributed by atoms with van der Waals surface area (Å²) in [5, 5.41) is 13.5. The quantitative estimate of drug-likeness (QED) is 0.629. The number of hydrogen-bond acceptors (Lipinski definition) is 6. The molecule has 9 nitrogen and oxygen atoms in total. The molecule has 3 aromatic rings. The number of carbonyl (C=O) groups excluding carboxylic acids is 1. The molecular formula is C18H19FN6O3S. The Kier molecular flexibility index (Phi) is 5.99. The van der Waals surface area contributed by atoms with Gasteiger partial charge in [-0.2, -0.15) is 4.31 Å². The third kappa shape index (κ3) is 4.30. The Balaban J connectivity index is 1.88. The highest BCUT2D eigenvalue weighted by Gasteiger charge is 2.26. The fraction of sp³-hybridized carbons (Fsp3) is 0.222. The summed E-state index contributed by atoms with van der Waals surface area (Å²) in [5.41, 5.74) is 1.09. The van der Waals surface area contributed by atoms with Crippen LogP contribution in [0.15, 0.2) is 53.7 Å². The van der Waals surface area contributed by atoms with Crippen LogP contribution in [0.3, 0.4) is 0 Å². The van der Waals surface area contributed by atoms with Crippen molar-refractivity contribution >= 4 is 21.6 Å². The third-order valence-electron chi connectivity index (χ3n) is 4.23. The fourth-order valence-corrected chi connectivity index (χ4v) is 4.30. The minimum atomic E-state index is -4.04. The van der Waals surface area contributed by atoms with Crippen molar-refractivity contribution in [2.24, 2.45) is 0 Å². The summed E-state index contributed by atoms with van der Waals surface area (Å²) < 4.78 is 42.1. The van der Waals surface area contributed by atoms with Gasteiger partial charge in [-0.25, -0.2) is 17.5 Å². The number of carbonyl (C=O) groups is 1. The number of anilines is 1. The van der Waals surface area contributed by atoms with Gasteiger partial charge in [-0.3, -0.25) is 4.79 Å². The molecule has 1 aromatic heterocycles. The van der Waals surface area contributed by atoms with Crippen LogP contribution in [0.25, 0.3) is 5.69 Å². The highest BCUT2D eigenvalue weighted by Crippen LogP contribution is 2.22. The molecule has 0 aliphatic heterocycles. The zero-order valence-corrected chi connectivity index (χ0v) is 16.6. The van der Waals surface area contributed by atoms with E-state index < -0.39 is 26.6 Å². The molecule has 0 spiro atoms. The number of halogens is 1. The topological polar surface area (TPSA) is 110 Å². The summed E-state index contributed by atoms with van der Waals surface area (Å²) in [5.74, 6) is -1.48. The Labute approximate surface area is 167 Å². The van der Waals surface area contributed by atoms with Crippen LogP contribution in [0.1, 0.15) is 24.2 Å². The molecule has 0 saturated heterocycles. The molecule has 152 valence electrons. The van der Waals surface area contributed by atoms with Crippen molar-refractivity contribution in [3.8, 4) is 5.69 Å². The molecule has 1 N–H and O–H groups in total. The molecule has 0 aliphatic carbocycles. The van der Waals surface area contributed by atoms with E-state index in [4.69, 9.17) is 0 Å². The molecule has 0 atom stereocenters. The van der Waals surface area contributed by atoms with E-state index in [1.807, 2.05) is 0 Å². The van der Waals surface area contributed by atoms with E-state index in [1.54, 1.807) is 38.1 Å². The third-order valence-corrected chi connectivity index (χ3v) is 6.30. The second kappa shape index (κ2) is 8.45. The van der Waals surface area contributed by atoms with Crippen molar-refractivity contribution in [3.05, 3.63) is 60.2 Å². The SMILES string of the molecule is CCN(CC)S(=O)(=O)c1cc(C(=O)Nc2cccc(-n3cnnn3)c2)ccc1F. The van der Waals surface area contributed by atoms with Gasteiger partial charge in [0.05, 0.1) is 5.69 Å². The van der Waals surface area contributed by atoms with Crippen molar-refractivity contribution < 1.29 is 17.6 Å². The summed E-state index contributed by atoms with van der Waals surface area (Å²) in [6.07, 6.45) is 1.41. The first-order chi connectivity index (χ1) is 13.9. The van der Waals surface area contributed by atoms with E-state index in [0.29, 0.717) is 11.4 Å². The Morgan fingerprint density at radius 1 is 1.17 bits per heavy atom. The fourth-order valence-electron chi connectivity index (χ4n) is 2.75. The molecule has 0 fully saturated rings. The lowest BCUT2D eigenvalue weighted by Gasteiger charge is -2.19. The number of nitrogens with zero attached hydrogens (tertiary/aromatic N) is 5. The first-order valence-electron chi connectivity index (χ1n) is 8.81. The zero-order valence-electron chi connectivity index (χ0n) is 15.8. The van der Waals surface area contributed by atoms with Crippen LogP contribution in [-0.2, 0) is 10.0 Å². The summed E-state index contributed by atoms with van der Waals surface area (Å²) in [6.45, 7) is 3.71. The zero-order chi connectivity index (χ0) is 21.0. The number of nitrogens with one attached hydrogen (secondary N) is 1. The molecule has 1 heterocycles. The van der Waals surface area contributed by atoms with Gasteiger partial charge in [0.2, 0.25) is 10.0 Å². The van der Waals surface area contributed by atoms with Crippen LogP contribution >= 0.6 is 0 Å². The van der Waals surface area contributed by atoms with E-state index in [0.717, 1.165) is 16.4 Å². The minimum absolute atomic E-state index is 0.0185. The number of tetrazole rings is 1. The van der Waals surface area contributed by atoms with Crippen LogP contribution in [-0.4, -0.2) is 51.9 Å². The van der Waals surface area contributed by atoms with Crippen LogP contribution in [0, 0.1) is 5.82 Å². The first-order valence-corrected chi connectivity index (χ1v) is 10.2. The molecule has 3 rings (SSSR count). The average Bonchev–Trinajstić information content (AvgIpc) is 3.24. The van der Waals surface area contributed by atoms with Gasteiger partial charge in [-0.1, -0.05) is 19.9 Å². The van der Waals surface area contributed by atoms with Crippen LogP contribution in [0.5, 0.6) is 0 Å². The van der Waals surface area contributed by atoms with Gasteiger partial charge < -0.3 is 5.32 Å². The van der Waals surface area contributed by atoms with E-state index >= 15 is 0 Å². The summed E-state index contributed by atoms with van der Waals surface area (Å²) in [6, 6.07) is 10.0. The van der Waals surface area contributed by atoms with Crippen LogP contribution in [0.2, 0.25) is 0 Å². The number of sulfonamides is 1. The van der Waals surface area contributed by atoms with Crippen LogP contribution < -0.4 is 5.32 Å². The Morgan fingerprint density at radius 3 is 2.59 bits per heavy atom. The predicted octanol–water partition coefficient (Wildman–Crippen LogP) is 2.08. The Morgan fingerprint density at radius 2 is 1.93 bits per heavy atom. The van der Waals surface area contributed by atoms with E-state index in [2.05, 4.69) is 20.8 Å². The molecule has 0 radical (unpaired) electrons. The maximum Gasteiger partial charge on any atom is 0.255 e. The average molecular weight is 418 g/mol. The van der Waals surface area contributed by atoms with Crippen LogP contribution in [0.4, 0.5) is 10.1 Å². The van der Waals surface area contributed by atoms with Crippen molar-refractivity contribution in [2.45, 2.75) is 18.7 Å². The maximum atomic E-state index is 14.2. The number of aromatic nitrogens is 4. The van der Waals surface area contributed by atoms with Gasteiger partial charge >= 0.3 is 0 Å². The van der Waals surface area contributed by atoms with Gasteiger partial charge in [0.25, 0.3) is 5.91 Å². The lowest BCUT2D eigenvalue weighted by Crippen LogP contribution is -2.31. The van der Waals surface area contributed by atoms with Gasteiger partial charge in [0, 0.05) is 24.3 Å². The smallest absolute Gasteiger partial charge is 0.255 e. The van der Waals surface area contributed by atoms with Crippen molar-refractivity contribution in [1.29, 1.82) is 0 Å². The van der Waals surface area contributed by atoms with E-state index in [1.165, 1.54) is 17.1 Å². The second-order valence-electron chi connectivity index (χ2n) is 5.99. The molecule has 11 heteroatoms. The number of hydrogen-bond donors (Lipinski definition) is 1. The Bertz CT molecular complexity index is 1110. The Hall–Kier alpha value is -3.18. The molecule has 0 aliphatic rings. The monoisotopic (exact) mass is 418 g/mol. The maximum absolute atomic E-state index is 14.2. The molecule has 0 unspecified atom stereocenters. The molecule has 0 saturated carbocycles. The lowest BCUT2D eigenvalue weighted by molar-refractivity contribution is 0.102. The highest BCUT2D eigenvalue weighted by atomic mass is 32.2. The largest absolute Gasteiger partial charge is 0.322 e. The normalized spacial score (nSPS) is 11.6. The van der Waals surface area contributed by atoms with Gasteiger partial charge in [0.1, 0.15) is 17.0 Å². The second-order valence-corrected chi connectivity index (χ2v) is 7.90. The van der Waals surface area contributed by atoms with Gasteiger partial charge in [0.15, 0.2) is 0 Å². The lowest BCUT2D eigenvalue weighted by atomic mass is 10.2. The van der Waals surface area contributed by atoms with Crippen molar-refractivity contribution in [2.75, 3.05) is 18.4 Å². The van der Waals surface area contributed by atoms with Crippen molar-refractivity contribution in [1.82, 2.24) is 24.5 Å². The first kappa shape index (κ1) is 20.6. The molecule has 0 bridgehead atoms. The van der Waals surface area contributed by atoms with E-state index in [9.17, 15) is 17.6 Å². The number of benzene rings is 2. The standard InChI is InChI=1S/C18H19FN6O3S/c1-3-24(4-2)29(27,28)17-10-13(8-9-16(17)19)18(26)21-14-6-5-7-15(11-14)25-12-20-22-23-25/h5-12H,3-4H2,1-2H3,(H,21,26). The number of amides is 1. The molecule has 29 heavy (non-hydrogen) atoms. The molecule has 1 amide bonds. The highest BCUT2D eigenvalue weighted by molar-refractivity contribution is 7.89. The van der Waals surface area contributed by atoms with Gasteiger partial charge in [-0.15, -0.1) is 5.10 Å². The predicted molar refractivity (Wildman–Crippen MR) is 104 cm³/mol.